The van der Waals surface area contributed by atoms with Gasteiger partial charge in [0.05, 0.1) is 13.0 Å². The minimum absolute atomic E-state index is 0.131. The van der Waals surface area contributed by atoms with E-state index in [9.17, 15) is 14.4 Å². The highest BCUT2D eigenvalue weighted by atomic mass is 16.5. The third-order valence-electron chi connectivity index (χ3n) is 3.71. The molecule has 0 aliphatic carbocycles. The van der Waals surface area contributed by atoms with Gasteiger partial charge in [-0.25, -0.2) is 4.79 Å². The molecule has 7 heteroatoms. The van der Waals surface area contributed by atoms with Gasteiger partial charge >= 0.3 is 18.0 Å². The number of amides is 2. The van der Waals surface area contributed by atoms with Crippen LogP contribution in [0.15, 0.2) is 0 Å². The van der Waals surface area contributed by atoms with Gasteiger partial charge in [0.15, 0.2) is 0 Å². The number of methoxy groups -OCH3 is 1. The molecular formula is C13H22N2O5. The lowest BCUT2D eigenvalue weighted by Crippen LogP contribution is -2.50. The van der Waals surface area contributed by atoms with Crippen molar-refractivity contribution in [3.8, 4) is 0 Å². The molecule has 0 aromatic heterocycles. The van der Waals surface area contributed by atoms with E-state index in [1.165, 1.54) is 16.9 Å². The van der Waals surface area contributed by atoms with Gasteiger partial charge in [-0.2, -0.15) is 0 Å². The van der Waals surface area contributed by atoms with Gasteiger partial charge in [0.2, 0.25) is 0 Å². The Hall–Kier alpha value is -1.79. The first-order valence-electron chi connectivity index (χ1n) is 6.66. The Morgan fingerprint density at radius 3 is 2.40 bits per heavy atom. The lowest BCUT2D eigenvalue weighted by Gasteiger charge is -2.33. The first-order valence-corrected chi connectivity index (χ1v) is 6.66. The van der Waals surface area contributed by atoms with Crippen molar-refractivity contribution in [1.29, 1.82) is 0 Å². The maximum absolute atomic E-state index is 12.5. The summed E-state index contributed by atoms with van der Waals surface area (Å²) in [5.41, 5.74) is 0. The Bertz CT molecular complexity index is 396. The number of rotatable bonds is 4. The standard InChI is InChI=1S/C13H22N2O5/c1-8(2)15(7-11(16)20-4)13(19)14-6-5-10(9(14)3)12(17)18/h8-10H,5-7H2,1-4H3,(H,17,18). The molecule has 0 aromatic carbocycles. The minimum Gasteiger partial charge on any atom is -0.481 e. The Kier molecular flexibility index (Phi) is 5.35. The third kappa shape index (κ3) is 3.40. The first kappa shape index (κ1) is 16.3. The molecule has 1 N–H and O–H groups in total. The van der Waals surface area contributed by atoms with Crippen molar-refractivity contribution in [2.24, 2.45) is 5.92 Å². The average molecular weight is 286 g/mol. The molecule has 1 heterocycles. The second-order valence-corrected chi connectivity index (χ2v) is 5.25. The number of esters is 1. The highest BCUT2D eigenvalue weighted by molar-refractivity contribution is 5.82. The number of carbonyl (C=O) groups excluding carboxylic acids is 2. The van der Waals surface area contributed by atoms with Crippen molar-refractivity contribution in [3.63, 3.8) is 0 Å². The van der Waals surface area contributed by atoms with Gasteiger partial charge in [-0.1, -0.05) is 0 Å². The zero-order valence-electron chi connectivity index (χ0n) is 12.3. The van der Waals surface area contributed by atoms with E-state index in [4.69, 9.17) is 5.11 Å². The summed E-state index contributed by atoms with van der Waals surface area (Å²) >= 11 is 0. The summed E-state index contributed by atoms with van der Waals surface area (Å²) < 4.78 is 4.58. The molecular weight excluding hydrogens is 264 g/mol. The number of aliphatic carboxylic acids is 1. The number of carboxylic acid groups (broad SMARTS) is 1. The minimum atomic E-state index is -0.892. The molecule has 1 saturated heterocycles. The summed E-state index contributed by atoms with van der Waals surface area (Å²) in [5.74, 6) is -1.93. The lowest BCUT2D eigenvalue weighted by atomic mass is 10.0. The van der Waals surface area contributed by atoms with Crippen LogP contribution >= 0.6 is 0 Å². The monoisotopic (exact) mass is 286 g/mol. The van der Waals surface area contributed by atoms with Gasteiger partial charge in [0.25, 0.3) is 0 Å². The van der Waals surface area contributed by atoms with Crippen molar-refractivity contribution in [2.75, 3.05) is 20.2 Å². The molecule has 1 rings (SSSR count). The molecule has 0 bridgehead atoms. The number of hydrogen-bond donors (Lipinski definition) is 1. The van der Waals surface area contributed by atoms with Gasteiger partial charge in [-0.05, 0) is 27.2 Å². The fourth-order valence-electron chi connectivity index (χ4n) is 2.38. The molecule has 0 radical (unpaired) electrons. The van der Waals surface area contributed by atoms with Gasteiger partial charge in [0.1, 0.15) is 6.54 Å². The molecule has 7 nitrogen and oxygen atoms in total. The Labute approximate surface area is 118 Å². The normalized spacial score (nSPS) is 21.9. The summed E-state index contributed by atoms with van der Waals surface area (Å²) in [7, 11) is 1.27. The van der Waals surface area contributed by atoms with Gasteiger partial charge in [0, 0.05) is 18.6 Å². The molecule has 1 aliphatic rings. The summed E-state index contributed by atoms with van der Waals surface area (Å²) in [5, 5.41) is 9.09. The van der Waals surface area contributed by atoms with E-state index in [0.717, 1.165) is 0 Å². The van der Waals surface area contributed by atoms with E-state index >= 15 is 0 Å². The van der Waals surface area contributed by atoms with Crippen LogP contribution in [0.3, 0.4) is 0 Å². The molecule has 1 fully saturated rings. The number of likely N-dealkylation sites (tertiary alicyclic amines) is 1. The van der Waals surface area contributed by atoms with Gasteiger partial charge in [-0.15, -0.1) is 0 Å². The van der Waals surface area contributed by atoms with E-state index in [0.29, 0.717) is 13.0 Å². The molecule has 0 spiro atoms. The molecule has 2 atom stereocenters. The van der Waals surface area contributed by atoms with Crippen molar-refractivity contribution in [2.45, 2.75) is 39.3 Å². The number of ether oxygens (including phenoxy) is 1. The van der Waals surface area contributed by atoms with Crippen LogP contribution in [0.25, 0.3) is 0 Å². The molecule has 0 saturated carbocycles. The van der Waals surface area contributed by atoms with Crippen LogP contribution in [-0.4, -0.2) is 65.2 Å². The predicted molar refractivity (Wildman–Crippen MR) is 71.2 cm³/mol. The Morgan fingerprint density at radius 1 is 1.40 bits per heavy atom. The average Bonchev–Trinajstić information content (AvgIpc) is 2.76. The van der Waals surface area contributed by atoms with E-state index in [2.05, 4.69) is 4.74 Å². The Morgan fingerprint density at radius 2 is 2.00 bits per heavy atom. The smallest absolute Gasteiger partial charge is 0.325 e. The lowest BCUT2D eigenvalue weighted by molar-refractivity contribution is -0.143. The molecule has 2 amide bonds. The highest BCUT2D eigenvalue weighted by Gasteiger charge is 2.40. The van der Waals surface area contributed by atoms with Crippen molar-refractivity contribution in [1.82, 2.24) is 9.80 Å². The third-order valence-corrected chi connectivity index (χ3v) is 3.71. The predicted octanol–water partition coefficient (Wildman–Crippen LogP) is 0.785. The number of urea groups is 1. The van der Waals surface area contributed by atoms with E-state index < -0.39 is 17.9 Å². The largest absolute Gasteiger partial charge is 0.481 e. The summed E-state index contributed by atoms with van der Waals surface area (Å²) in [6, 6.07) is -0.863. The quantitative estimate of drug-likeness (QED) is 0.772. The zero-order chi connectivity index (χ0) is 15.4. The maximum atomic E-state index is 12.5. The van der Waals surface area contributed by atoms with Gasteiger partial charge in [-0.3, -0.25) is 9.59 Å². The molecule has 2 unspecified atom stereocenters. The fraction of sp³-hybridized carbons (Fsp3) is 0.769. The van der Waals surface area contributed by atoms with Gasteiger partial charge < -0.3 is 19.6 Å². The van der Waals surface area contributed by atoms with E-state index in [1.807, 2.05) is 0 Å². The SMILES string of the molecule is COC(=O)CN(C(=O)N1CCC(C(=O)O)C1C)C(C)C. The maximum Gasteiger partial charge on any atom is 0.325 e. The van der Waals surface area contributed by atoms with Crippen molar-refractivity contribution >= 4 is 18.0 Å². The molecule has 20 heavy (non-hydrogen) atoms. The van der Waals surface area contributed by atoms with Crippen molar-refractivity contribution in [3.05, 3.63) is 0 Å². The molecule has 1 aliphatic heterocycles. The van der Waals surface area contributed by atoms with Crippen LogP contribution in [-0.2, 0) is 14.3 Å². The van der Waals surface area contributed by atoms with E-state index in [-0.39, 0.29) is 24.7 Å². The van der Waals surface area contributed by atoms with Crippen molar-refractivity contribution < 1.29 is 24.2 Å². The summed E-state index contributed by atoms with van der Waals surface area (Å²) in [4.78, 5) is 37.8. The first-order chi connectivity index (χ1) is 9.29. The number of nitrogens with zero attached hydrogens (tertiary/aromatic N) is 2. The van der Waals surface area contributed by atoms with Crippen LogP contribution in [0.4, 0.5) is 4.79 Å². The molecule has 0 aromatic rings. The topological polar surface area (TPSA) is 87.2 Å². The van der Waals surface area contributed by atoms with Crippen LogP contribution in [0, 0.1) is 5.92 Å². The second kappa shape index (κ2) is 6.58. The zero-order valence-corrected chi connectivity index (χ0v) is 12.3. The summed E-state index contributed by atoms with van der Waals surface area (Å²) in [6.45, 7) is 5.59. The Balaban J connectivity index is 2.81. The van der Waals surface area contributed by atoms with Crippen LogP contribution in [0.2, 0.25) is 0 Å². The fourth-order valence-corrected chi connectivity index (χ4v) is 2.38. The molecule has 114 valence electrons. The van der Waals surface area contributed by atoms with Crippen LogP contribution < -0.4 is 0 Å². The van der Waals surface area contributed by atoms with Crippen LogP contribution in [0.5, 0.6) is 0 Å². The highest BCUT2D eigenvalue weighted by Crippen LogP contribution is 2.25. The summed E-state index contributed by atoms with van der Waals surface area (Å²) in [6.07, 6.45) is 0.437. The van der Waals surface area contributed by atoms with E-state index in [1.54, 1.807) is 20.8 Å². The van der Waals surface area contributed by atoms with Crippen LogP contribution in [0.1, 0.15) is 27.2 Å². The number of carbonyl (C=O) groups is 3. The second-order valence-electron chi connectivity index (χ2n) is 5.25. The number of carboxylic acids is 1. The number of hydrogen-bond acceptors (Lipinski definition) is 4.